The number of sulfonamides is 1. The van der Waals surface area contributed by atoms with Crippen LogP contribution in [0.15, 0.2) is 29.2 Å². The standard InChI is InChI=1S/C14H20N2O5S/c1-2-20-14(17)11-3-5-13(6-4-11)22(18,19)16-10-12-9-15-7-8-21-12/h3-6,12,15-16H,2,7-10H2,1H3. The maximum absolute atomic E-state index is 12.2. The van der Waals surface area contributed by atoms with E-state index >= 15 is 0 Å². The molecule has 0 saturated carbocycles. The minimum Gasteiger partial charge on any atom is -0.462 e. The van der Waals surface area contributed by atoms with E-state index in [1.807, 2.05) is 0 Å². The average Bonchev–Trinajstić information content (AvgIpc) is 2.54. The van der Waals surface area contributed by atoms with Gasteiger partial charge < -0.3 is 14.8 Å². The summed E-state index contributed by atoms with van der Waals surface area (Å²) in [6.07, 6.45) is -0.178. The molecule has 0 bridgehead atoms. The molecule has 0 aromatic heterocycles. The number of hydrogen-bond donors (Lipinski definition) is 2. The number of benzene rings is 1. The molecule has 1 aromatic carbocycles. The fraction of sp³-hybridized carbons (Fsp3) is 0.500. The zero-order valence-electron chi connectivity index (χ0n) is 12.4. The third-order valence-electron chi connectivity index (χ3n) is 3.18. The van der Waals surface area contributed by atoms with Gasteiger partial charge in [-0.05, 0) is 31.2 Å². The van der Waals surface area contributed by atoms with Crippen molar-refractivity contribution in [1.29, 1.82) is 0 Å². The van der Waals surface area contributed by atoms with E-state index in [1.54, 1.807) is 6.92 Å². The molecular formula is C14H20N2O5S. The van der Waals surface area contributed by atoms with Crippen molar-refractivity contribution in [1.82, 2.24) is 10.0 Å². The summed E-state index contributed by atoms with van der Waals surface area (Å²) in [5.74, 6) is -0.471. The molecule has 0 amide bonds. The summed E-state index contributed by atoms with van der Waals surface area (Å²) in [5.41, 5.74) is 0.320. The summed E-state index contributed by atoms with van der Waals surface area (Å²) in [7, 11) is -3.62. The van der Waals surface area contributed by atoms with Crippen molar-refractivity contribution in [2.75, 3.05) is 32.8 Å². The molecule has 1 fully saturated rings. The molecule has 1 saturated heterocycles. The van der Waals surface area contributed by atoms with E-state index in [9.17, 15) is 13.2 Å². The van der Waals surface area contributed by atoms with Gasteiger partial charge in [0.1, 0.15) is 0 Å². The van der Waals surface area contributed by atoms with E-state index in [0.717, 1.165) is 6.54 Å². The fourth-order valence-electron chi connectivity index (χ4n) is 2.02. The molecule has 0 spiro atoms. The van der Waals surface area contributed by atoms with Gasteiger partial charge in [-0.1, -0.05) is 0 Å². The highest BCUT2D eigenvalue weighted by Crippen LogP contribution is 2.11. The van der Waals surface area contributed by atoms with Crippen molar-refractivity contribution < 1.29 is 22.7 Å². The van der Waals surface area contributed by atoms with Crippen LogP contribution in [0.4, 0.5) is 0 Å². The highest BCUT2D eigenvalue weighted by molar-refractivity contribution is 7.89. The monoisotopic (exact) mass is 328 g/mol. The number of ether oxygens (including phenoxy) is 2. The molecule has 0 aliphatic carbocycles. The quantitative estimate of drug-likeness (QED) is 0.721. The second-order valence-electron chi connectivity index (χ2n) is 4.79. The van der Waals surface area contributed by atoms with Gasteiger partial charge in [-0.15, -0.1) is 0 Å². The maximum Gasteiger partial charge on any atom is 0.338 e. The topological polar surface area (TPSA) is 93.7 Å². The number of carbonyl (C=O) groups excluding carboxylic acids is 1. The van der Waals surface area contributed by atoms with Gasteiger partial charge in [-0.2, -0.15) is 0 Å². The van der Waals surface area contributed by atoms with E-state index in [4.69, 9.17) is 9.47 Å². The minimum atomic E-state index is -3.62. The van der Waals surface area contributed by atoms with Gasteiger partial charge in [0.05, 0.1) is 29.8 Å². The van der Waals surface area contributed by atoms with E-state index in [-0.39, 0.29) is 24.2 Å². The largest absolute Gasteiger partial charge is 0.462 e. The van der Waals surface area contributed by atoms with Crippen LogP contribution in [0.25, 0.3) is 0 Å². The Morgan fingerprint density at radius 2 is 2.14 bits per heavy atom. The van der Waals surface area contributed by atoms with E-state index in [0.29, 0.717) is 18.7 Å². The van der Waals surface area contributed by atoms with E-state index in [2.05, 4.69) is 10.0 Å². The molecule has 0 radical (unpaired) electrons. The van der Waals surface area contributed by atoms with Gasteiger partial charge in [0.25, 0.3) is 0 Å². The van der Waals surface area contributed by atoms with Crippen LogP contribution in [-0.2, 0) is 19.5 Å². The van der Waals surface area contributed by atoms with Crippen LogP contribution >= 0.6 is 0 Å². The molecule has 122 valence electrons. The van der Waals surface area contributed by atoms with Crippen molar-refractivity contribution >= 4 is 16.0 Å². The predicted octanol–water partition coefficient (Wildman–Crippen LogP) is 0.130. The van der Waals surface area contributed by atoms with E-state index < -0.39 is 16.0 Å². The van der Waals surface area contributed by atoms with Gasteiger partial charge in [0, 0.05) is 19.6 Å². The van der Waals surface area contributed by atoms with Crippen LogP contribution < -0.4 is 10.0 Å². The molecule has 1 unspecified atom stereocenters. The lowest BCUT2D eigenvalue weighted by molar-refractivity contribution is 0.0324. The smallest absolute Gasteiger partial charge is 0.338 e. The Labute approximate surface area is 130 Å². The molecule has 8 heteroatoms. The molecule has 1 aromatic rings. The Morgan fingerprint density at radius 1 is 1.41 bits per heavy atom. The summed E-state index contributed by atoms with van der Waals surface area (Å²) in [6.45, 7) is 4.15. The number of carbonyl (C=O) groups is 1. The van der Waals surface area contributed by atoms with Crippen molar-refractivity contribution in [2.45, 2.75) is 17.9 Å². The normalized spacial score (nSPS) is 18.9. The highest BCUT2D eigenvalue weighted by Gasteiger charge is 2.19. The Bertz CT molecular complexity index is 594. The van der Waals surface area contributed by atoms with Crippen molar-refractivity contribution in [3.05, 3.63) is 29.8 Å². The lowest BCUT2D eigenvalue weighted by Gasteiger charge is -2.23. The van der Waals surface area contributed by atoms with Crippen LogP contribution in [0.2, 0.25) is 0 Å². The molecule has 7 nitrogen and oxygen atoms in total. The van der Waals surface area contributed by atoms with Crippen molar-refractivity contribution in [3.8, 4) is 0 Å². The Balaban J connectivity index is 1.98. The summed E-state index contributed by atoms with van der Waals surface area (Å²) < 4.78 is 37.2. The molecular weight excluding hydrogens is 308 g/mol. The fourth-order valence-corrected chi connectivity index (χ4v) is 3.09. The van der Waals surface area contributed by atoms with Crippen LogP contribution in [-0.4, -0.2) is 53.3 Å². The van der Waals surface area contributed by atoms with Gasteiger partial charge in [-0.25, -0.2) is 17.9 Å². The second-order valence-corrected chi connectivity index (χ2v) is 6.56. The number of hydrogen-bond acceptors (Lipinski definition) is 6. The third kappa shape index (κ3) is 4.51. The molecule has 2 rings (SSSR count). The average molecular weight is 328 g/mol. The van der Waals surface area contributed by atoms with Gasteiger partial charge >= 0.3 is 5.97 Å². The van der Waals surface area contributed by atoms with Crippen LogP contribution in [0.5, 0.6) is 0 Å². The highest BCUT2D eigenvalue weighted by atomic mass is 32.2. The summed E-state index contributed by atoms with van der Waals surface area (Å²) in [6, 6.07) is 5.64. The van der Waals surface area contributed by atoms with Crippen LogP contribution in [0, 0.1) is 0 Å². The summed E-state index contributed by atoms with van der Waals surface area (Å²) >= 11 is 0. The van der Waals surface area contributed by atoms with E-state index in [1.165, 1.54) is 24.3 Å². The molecule has 2 N–H and O–H groups in total. The SMILES string of the molecule is CCOC(=O)c1ccc(S(=O)(=O)NCC2CNCCO2)cc1. The molecule has 1 atom stereocenters. The van der Waals surface area contributed by atoms with Gasteiger partial charge in [-0.3, -0.25) is 0 Å². The summed E-state index contributed by atoms with van der Waals surface area (Å²) in [4.78, 5) is 11.6. The number of rotatable bonds is 6. The van der Waals surface area contributed by atoms with Crippen molar-refractivity contribution in [2.24, 2.45) is 0 Å². The maximum atomic E-state index is 12.2. The zero-order valence-corrected chi connectivity index (χ0v) is 13.2. The van der Waals surface area contributed by atoms with Gasteiger partial charge in [0.2, 0.25) is 10.0 Å². The Kier molecular flexibility index (Phi) is 5.90. The lowest BCUT2D eigenvalue weighted by Crippen LogP contribution is -2.45. The first-order valence-corrected chi connectivity index (χ1v) is 8.60. The first-order valence-electron chi connectivity index (χ1n) is 7.12. The van der Waals surface area contributed by atoms with Crippen LogP contribution in [0.1, 0.15) is 17.3 Å². The second kappa shape index (κ2) is 7.68. The minimum absolute atomic E-state index is 0.101. The zero-order chi connectivity index (χ0) is 16.0. The number of nitrogens with one attached hydrogen (secondary N) is 2. The first-order chi connectivity index (χ1) is 10.5. The van der Waals surface area contributed by atoms with Gasteiger partial charge in [0.15, 0.2) is 0 Å². The first kappa shape index (κ1) is 16.9. The molecule has 22 heavy (non-hydrogen) atoms. The molecule has 1 aliphatic rings. The lowest BCUT2D eigenvalue weighted by atomic mass is 10.2. The Morgan fingerprint density at radius 3 is 2.73 bits per heavy atom. The Hall–Kier alpha value is -1.48. The number of morpholine rings is 1. The molecule has 1 aliphatic heterocycles. The molecule has 1 heterocycles. The van der Waals surface area contributed by atoms with Crippen molar-refractivity contribution in [3.63, 3.8) is 0 Å². The third-order valence-corrected chi connectivity index (χ3v) is 4.62. The summed E-state index contributed by atoms with van der Waals surface area (Å²) in [5, 5.41) is 3.13. The van der Waals surface area contributed by atoms with Crippen LogP contribution in [0.3, 0.4) is 0 Å². The predicted molar refractivity (Wildman–Crippen MR) is 80.2 cm³/mol. The number of esters is 1.